The molecule has 1 nitrogen and oxygen atoms in total. The van der Waals surface area contributed by atoms with Gasteiger partial charge in [-0.3, -0.25) is 4.99 Å². The summed E-state index contributed by atoms with van der Waals surface area (Å²) in [7, 11) is 1.80. The number of nitrogens with zero attached hydrogens (tertiary/aromatic N) is 1. The number of allylic oxidation sites excluding steroid dienone is 1. The zero-order valence-corrected chi connectivity index (χ0v) is 8.46. The Balaban J connectivity index is 3.21. The minimum absolute atomic E-state index is 0.998. The van der Waals surface area contributed by atoms with Gasteiger partial charge in [0.1, 0.15) is 0 Å². The average molecular weight is 173 g/mol. The first kappa shape index (κ1) is 9.72. The van der Waals surface area contributed by atoms with E-state index >= 15 is 0 Å². The normalized spacial score (nSPS) is 11.5. The Bertz CT molecular complexity index is 348. The summed E-state index contributed by atoms with van der Waals surface area (Å²) in [6, 6.07) is 8.22. The molecule has 0 aliphatic heterocycles. The van der Waals surface area contributed by atoms with Gasteiger partial charge < -0.3 is 0 Å². The zero-order valence-electron chi connectivity index (χ0n) is 8.46. The lowest BCUT2D eigenvalue weighted by Crippen LogP contribution is -2.03. The molecule has 0 N–H and O–H groups in total. The molecule has 0 aliphatic carbocycles. The van der Waals surface area contributed by atoms with Gasteiger partial charge >= 0.3 is 0 Å². The van der Waals surface area contributed by atoms with Gasteiger partial charge in [-0.25, -0.2) is 0 Å². The predicted molar refractivity (Wildman–Crippen MR) is 58.5 cm³/mol. The Morgan fingerprint density at radius 1 is 1.31 bits per heavy atom. The van der Waals surface area contributed by atoms with Crippen LogP contribution in [0.2, 0.25) is 0 Å². The van der Waals surface area contributed by atoms with E-state index in [9.17, 15) is 0 Å². The zero-order chi connectivity index (χ0) is 9.84. The van der Waals surface area contributed by atoms with Crippen LogP contribution in [0.1, 0.15) is 18.1 Å². The molecule has 1 rings (SSSR count). The predicted octanol–water partition coefficient (Wildman–Crippen LogP) is 2.99. The highest BCUT2D eigenvalue weighted by atomic mass is 14.7. The van der Waals surface area contributed by atoms with Crippen molar-refractivity contribution < 1.29 is 0 Å². The summed E-state index contributed by atoms with van der Waals surface area (Å²) in [6.45, 7) is 7.98. The molecule has 0 fully saturated rings. The van der Waals surface area contributed by atoms with Gasteiger partial charge in [-0.1, -0.05) is 30.8 Å². The Morgan fingerprint density at radius 2 is 1.92 bits per heavy atom. The number of hydrogen-bond acceptors (Lipinski definition) is 1. The maximum absolute atomic E-state index is 4.24. The van der Waals surface area contributed by atoms with Crippen LogP contribution in [0.3, 0.4) is 0 Å². The van der Waals surface area contributed by atoms with Crippen molar-refractivity contribution in [3.05, 3.63) is 47.5 Å². The van der Waals surface area contributed by atoms with Crippen LogP contribution >= 0.6 is 0 Å². The first-order valence-corrected chi connectivity index (χ1v) is 4.35. The van der Waals surface area contributed by atoms with Gasteiger partial charge in [-0.05, 0) is 25.0 Å². The minimum atomic E-state index is 0.998. The molecule has 0 unspecified atom stereocenters. The standard InChI is InChI=1S/C12H15N/c1-9(2)12(13-4)11-8-6-5-7-10(11)3/h5-8H,1H2,2-4H3. The topological polar surface area (TPSA) is 12.4 Å². The Morgan fingerprint density at radius 3 is 2.38 bits per heavy atom. The van der Waals surface area contributed by atoms with Crippen molar-refractivity contribution in [2.24, 2.45) is 4.99 Å². The first-order chi connectivity index (χ1) is 6.16. The van der Waals surface area contributed by atoms with E-state index < -0.39 is 0 Å². The van der Waals surface area contributed by atoms with Crippen LogP contribution in [0.4, 0.5) is 0 Å². The summed E-state index contributed by atoms with van der Waals surface area (Å²) < 4.78 is 0. The molecule has 0 bridgehead atoms. The Labute approximate surface area is 79.8 Å². The lowest BCUT2D eigenvalue weighted by Gasteiger charge is -2.07. The van der Waals surface area contributed by atoms with Crippen molar-refractivity contribution >= 4 is 5.71 Å². The highest BCUT2D eigenvalue weighted by Gasteiger charge is 2.04. The molecule has 1 heteroatoms. The van der Waals surface area contributed by atoms with Crippen LogP contribution in [0, 0.1) is 6.92 Å². The van der Waals surface area contributed by atoms with E-state index in [1.165, 1.54) is 11.1 Å². The molecule has 13 heavy (non-hydrogen) atoms. The van der Waals surface area contributed by atoms with Crippen LogP contribution in [-0.4, -0.2) is 12.8 Å². The molecule has 0 radical (unpaired) electrons. The molecule has 0 saturated heterocycles. The van der Waals surface area contributed by atoms with Gasteiger partial charge in [0.05, 0.1) is 5.71 Å². The van der Waals surface area contributed by atoms with E-state index in [1.807, 2.05) is 19.1 Å². The highest BCUT2D eigenvalue weighted by Crippen LogP contribution is 2.12. The van der Waals surface area contributed by atoms with E-state index in [-0.39, 0.29) is 0 Å². The summed E-state index contributed by atoms with van der Waals surface area (Å²) in [5.41, 5.74) is 4.43. The third kappa shape index (κ3) is 2.05. The lowest BCUT2D eigenvalue weighted by atomic mass is 10.00. The third-order valence-electron chi connectivity index (χ3n) is 2.03. The fraction of sp³-hybridized carbons (Fsp3) is 0.250. The van der Waals surface area contributed by atoms with Gasteiger partial charge in [0.2, 0.25) is 0 Å². The SMILES string of the molecule is C=C(C)C(=NC)c1ccccc1C. The number of hydrogen-bond donors (Lipinski definition) is 0. The summed E-state index contributed by atoms with van der Waals surface area (Å²) in [5, 5.41) is 0. The summed E-state index contributed by atoms with van der Waals surface area (Å²) in [5.74, 6) is 0. The van der Waals surface area contributed by atoms with Crippen molar-refractivity contribution in [1.29, 1.82) is 0 Å². The molecule has 1 aromatic rings. The van der Waals surface area contributed by atoms with Crippen molar-refractivity contribution in [3.8, 4) is 0 Å². The van der Waals surface area contributed by atoms with Crippen molar-refractivity contribution in [1.82, 2.24) is 0 Å². The smallest absolute Gasteiger partial charge is 0.0669 e. The van der Waals surface area contributed by atoms with Gasteiger partial charge in [-0.15, -0.1) is 0 Å². The second kappa shape index (κ2) is 4.04. The fourth-order valence-electron chi connectivity index (χ4n) is 1.38. The van der Waals surface area contributed by atoms with E-state index in [2.05, 4.69) is 30.6 Å². The maximum Gasteiger partial charge on any atom is 0.0669 e. The molecule has 0 aliphatic rings. The van der Waals surface area contributed by atoms with Gasteiger partial charge in [0.25, 0.3) is 0 Å². The highest BCUT2D eigenvalue weighted by molar-refractivity contribution is 6.12. The van der Waals surface area contributed by atoms with Gasteiger partial charge in [0, 0.05) is 12.6 Å². The monoisotopic (exact) mass is 173 g/mol. The average Bonchev–Trinajstić information content (AvgIpc) is 2.09. The number of aryl methyl sites for hydroxylation is 1. The molecule has 0 saturated carbocycles. The number of benzene rings is 1. The van der Waals surface area contributed by atoms with Gasteiger partial charge in [-0.2, -0.15) is 0 Å². The Kier molecular flexibility index (Phi) is 3.02. The van der Waals surface area contributed by atoms with Gasteiger partial charge in [0.15, 0.2) is 0 Å². The van der Waals surface area contributed by atoms with E-state index in [4.69, 9.17) is 0 Å². The van der Waals surface area contributed by atoms with Crippen LogP contribution in [-0.2, 0) is 0 Å². The number of aliphatic imine (C=N–C) groups is 1. The van der Waals surface area contributed by atoms with Crippen LogP contribution < -0.4 is 0 Å². The van der Waals surface area contributed by atoms with Crippen molar-refractivity contribution in [2.45, 2.75) is 13.8 Å². The minimum Gasteiger partial charge on any atom is -0.288 e. The molecule has 0 atom stereocenters. The van der Waals surface area contributed by atoms with Crippen molar-refractivity contribution in [2.75, 3.05) is 7.05 Å². The Hall–Kier alpha value is -1.37. The third-order valence-corrected chi connectivity index (χ3v) is 2.03. The van der Waals surface area contributed by atoms with E-state index in [0.29, 0.717) is 0 Å². The van der Waals surface area contributed by atoms with E-state index in [0.717, 1.165) is 11.3 Å². The molecular weight excluding hydrogens is 158 g/mol. The second-order valence-electron chi connectivity index (χ2n) is 3.17. The largest absolute Gasteiger partial charge is 0.288 e. The van der Waals surface area contributed by atoms with E-state index in [1.54, 1.807) is 7.05 Å². The van der Waals surface area contributed by atoms with Crippen LogP contribution in [0.15, 0.2) is 41.4 Å². The molecule has 0 heterocycles. The summed E-state index contributed by atoms with van der Waals surface area (Å²) >= 11 is 0. The first-order valence-electron chi connectivity index (χ1n) is 4.35. The molecular formula is C12H15N. The van der Waals surface area contributed by atoms with Crippen LogP contribution in [0.25, 0.3) is 0 Å². The maximum atomic E-state index is 4.24. The molecule has 0 aromatic heterocycles. The summed E-state index contributed by atoms with van der Waals surface area (Å²) in [6.07, 6.45) is 0. The number of rotatable bonds is 2. The molecule has 0 spiro atoms. The summed E-state index contributed by atoms with van der Waals surface area (Å²) in [4.78, 5) is 4.24. The molecule has 0 amide bonds. The quantitative estimate of drug-likeness (QED) is 0.610. The lowest BCUT2D eigenvalue weighted by molar-refractivity contribution is 1.36. The van der Waals surface area contributed by atoms with Crippen LogP contribution in [0.5, 0.6) is 0 Å². The fourth-order valence-corrected chi connectivity index (χ4v) is 1.38. The molecule has 68 valence electrons. The molecule has 1 aromatic carbocycles. The second-order valence-corrected chi connectivity index (χ2v) is 3.17. The van der Waals surface area contributed by atoms with Crippen molar-refractivity contribution in [3.63, 3.8) is 0 Å².